The van der Waals surface area contributed by atoms with Crippen LogP contribution in [0.25, 0.3) is 0 Å². The summed E-state index contributed by atoms with van der Waals surface area (Å²) < 4.78 is 44.4. The number of carbonyl (C=O) groups excluding carboxylic acids is 1. The van der Waals surface area contributed by atoms with Crippen molar-refractivity contribution in [3.63, 3.8) is 0 Å². The van der Waals surface area contributed by atoms with Gasteiger partial charge in [0.15, 0.2) is 9.84 Å². The lowest BCUT2D eigenvalue weighted by molar-refractivity contribution is 0.135. The van der Waals surface area contributed by atoms with Gasteiger partial charge >= 0.3 is 6.09 Å². The zero-order chi connectivity index (χ0) is 21.3. The van der Waals surface area contributed by atoms with Crippen LogP contribution in [0.4, 0.5) is 9.18 Å². The zero-order valence-corrected chi connectivity index (χ0v) is 17.3. The minimum absolute atomic E-state index is 0.0966. The molecule has 0 fully saturated rings. The maximum absolute atomic E-state index is 13.3. The van der Waals surface area contributed by atoms with E-state index in [-0.39, 0.29) is 22.2 Å². The van der Waals surface area contributed by atoms with Gasteiger partial charge in [0.1, 0.15) is 11.6 Å². The number of carbonyl (C=O) groups is 1. The number of hydrogen-bond acceptors (Lipinski definition) is 4. The van der Waals surface area contributed by atoms with E-state index in [4.69, 9.17) is 16.3 Å². The molecule has 0 radical (unpaired) electrons. The lowest BCUT2D eigenvalue weighted by atomic mass is 10.1. The minimum atomic E-state index is -3.71. The van der Waals surface area contributed by atoms with Gasteiger partial charge in [-0.1, -0.05) is 48.0 Å². The monoisotopic (exact) mass is 445 g/mol. The molecule has 0 aliphatic carbocycles. The number of benzene rings is 3. The number of fused-ring (bicyclic) bond motifs is 1. The Labute approximate surface area is 178 Å². The van der Waals surface area contributed by atoms with Crippen LogP contribution in [0.3, 0.4) is 0 Å². The quantitative estimate of drug-likeness (QED) is 0.556. The largest absolute Gasteiger partial charge is 0.415 e. The van der Waals surface area contributed by atoms with Gasteiger partial charge < -0.3 is 4.74 Å². The predicted molar refractivity (Wildman–Crippen MR) is 110 cm³/mol. The van der Waals surface area contributed by atoms with Crippen molar-refractivity contribution in [2.75, 3.05) is 0 Å². The molecule has 0 unspecified atom stereocenters. The zero-order valence-electron chi connectivity index (χ0n) is 15.7. The van der Waals surface area contributed by atoms with E-state index in [0.717, 1.165) is 11.6 Å². The van der Waals surface area contributed by atoms with Gasteiger partial charge in [0.05, 0.1) is 22.2 Å². The summed E-state index contributed by atoms with van der Waals surface area (Å²) >= 11 is 5.76. The number of amides is 1. The molecule has 154 valence electrons. The van der Waals surface area contributed by atoms with Gasteiger partial charge in [-0.2, -0.15) is 0 Å². The number of nitrogens with zero attached hydrogens (tertiary/aromatic N) is 1. The SMILES string of the molecule is O=C1Oc2ccc(S(=O)(=O)Cc3ccc(F)c(Cl)c3)cc2CN1Cc1ccccc1. The van der Waals surface area contributed by atoms with Crippen molar-refractivity contribution >= 4 is 27.5 Å². The first kappa shape index (κ1) is 20.4. The molecule has 0 bridgehead atoms. The third-order valence-electron chi connectivity index (χ3n) is 4.76. The van der Waals surface area contributed by atoms with Gasteiger partial charge in [-0.05, 0) is 41.5 Å². The summed E-state index contributed by atoms with van der Waals surface area (Å²) in [5, 5.41) is -0.128. The van der Waals surface area contributed by atoms with Crippen molar-refractivity contribution in [2.45, 2.75) is 23.7 Å². The first-order valence-electron chi connectivity index (χ1n) is 9.12. The molecule has 8 heteroatoms. The van der Waals surface area contributed by atoms with Gasteiger partial charge in [0.25, 0.3) is 0 Å². The van der Waals surface area contributed by atoms with E-state index >= 15 is 0 Å². The lowest BCUT2D eigenvalue weighted by Crippen LogP contribution is -2.36. The Hall–Kier alpha value is -2.90. The summed E-state index contributed by atoms with van der Waals surface area (Å²) in [7, 11) is -3.71. The number of ether oxygens (including phenoxy) is 1. The number of sulfone groups is 1. The van der Waals surface area contributed by atoms with E-state index in [1.165, 1.54) is 35.2 Å². The summed E-state index contributed by atoms with van der Waals surface area (Å²) in [5.41, 5.74) is 1.93. The van der Waals surface area contributed by atoms with Gasteiger partial charge in [-0.3, -0.25) is 4.90 Å². The Balaban J connectivity index is 1.58. The topological polar surface area (TPSA) is 63.7 Å². The first-order chi connectivity index (χ1) is 14.3. The first-order valence-corrected chi connectivity index (χ1v) is 11.2. The second kappa shape index (κ2) is 8.08. The maximum atomic E-state index is 13.3. The molecule has 30 heavy (non-hydrogen) atoms. The van der Waals surface area contributed by atoms with E-state index in [9.17, 15) is 17.6 Å². The van der Waals surface area contributed by atoms with Crippen molar-refractivity contribution in [3.8, 4) is 5.75 Å². The highest BCUT2D eigenvalue weighted by Gasteiger charge is 2.27. The van der Waals surface area contributed by atoms with Crippen molar-refractivity contribution in [2.24, 2.45) is 0 Å². The fraction of sp³-hybridized carbons (Fsp3) is 0.136. The highest BCUT2D eigenvalue weighted by molar-refractivity contribution is 7.90. The third-order valence-corrected chi connectivity index (χ3v) is 6.74. The molecular formula is C22H17ClFNO4S. The Morgan fingerprint density at radius 1 is 1.00 bits per heavy atom. The molecule has 5 nitrogen and oxygen atoms in total. The number of rotatable bonds is 5. The van der Waals surface area contributed by atoms with Crippen LogP contribution in [0, 0.1) is 5.82 Å². The Morgan fingerprint density at radius 2 is 1.77 bits per heavy atom. The lowest BCUT2D eigenvalue weighted by Gasteiger charge is -2.28. The summed E-state index contributed by atoms with van der Waals surface area (Å²) in [6, 6.07) is 17.7. The summed E-state index contributed by atoms with van der Waals surface area (Å²) in [5.74, 6) is -0.584. The Kier molecular flexibility index (Phi) is 5.49. The van der Waals surface area contributed by atoms with Crippen LogP contribution in [0.15, 0.2) is 71.6 Å². The Bertz CT molecular complexity index is 1220. The highest BCUT2D eigenvalue weighted by atomic mass is 35.5. The normalized spacial score (nSPS) is 13.7. The second-order valence-corrected chi connectivity index (χ2v) is 9.38. The second-order valence-electron chi connectivity index (χ2n) is 6.99. The van der Waals surface area contributed by atoms with Crippen LogP contribution >= 0.6 is 11.6 Å². The number of halogens is 2. The van der Waals surface area contributed by atoms with Crippen LogP contribution in [0.2, 0.25) is 5.02 Å². The standard InChI is InChI=1S/C22H17ClFNO4S/c23-19-10-16(6-8-20(19)24)14-30(27,28)18-7-9-21-17(11-18)13-25(22(26)29-21)12-15-4-2-1-3-5-15/h1-11H,12-14H2. The van der Waals surface area contributed by atoms with Crippen molar-refractivity contribution in [1.82, 2.24) is 4.90 Å². The van der Waals surface area contributed by atoms with Crippen molar-refractivity contribution in [1.29, 1.82) is 0 Å². The van der Waals surface area contributed by atoms with Gasteiger partial charge in [0, 0.05) is 12.1 Å². The molecule has 3 aromatic rings. The predicted octanol–water partition coefficient (Wildman–Crippen LogP) is 4.97. The van der Waals surface area contributed by atoms with Crippen LogP contribution in [0.5, 0.6) is 5.75 Å². The van der Waals surface area contributed by atoms with E-state index < -0.39 is 21.7 Å². The highest BCUT2D eigenvalue weighted by Crippen LogP contribution is 2.30. The molecule has 1 aliphatic heterocycles. The van der Waals surface area contributed by atoms with Gasteiger partial charge in [-0.25, -0.2) is 17.6 Å². The van der Waals surface area contributed by atoms with Gasteiger partial charge in [-0.15, -0.1) is 0 Å². The molecule has 1 heterocycles. The fourth-order valence-electron chi connectivity index (χ4n) is 3.26. The molecule has 0 spiro atoms. The summed E-state index contributed by atoms with van der Waals surface area (Å²) in [6.45, 7) is 0.582. The number of hydrogen-bond donors (Lipinski definition) is 0. The van der Waals surface area contributed by atoms with Crippen LogP contribution in [0.1, 0.15) is 16.7 Å². The average Bonchev–Trinajstić information content (AvgIpc) is 2.71. The van der Waals surface area contributed by atoms with Crippen LogP contribution in [-0.2, 0) is 28.7 Å². The fourth-order valence-corrected chi connectivity index (χ4v) is 4.84. The van der Waals surface area contributed by atoms with Crippen LogP contribution in [-0.4, -0.2) is 19.4 Å². The van der Waals surface area contributed by atoms with Crippen molar-refractivity contribution < 1.29 is 22.3 Å². The van der Waals surface area contributed by atoms with E-state index in [1.54, 1.807) is 0 Å². The van der Waals surface area contributed by atoms with Crippen LogP contribution < -0.4 is 4.74 Å². The molecule has 0 saturated heterocycles. The Morgan fingerprint density at radius 3 is 2.50 bits per heavy atom. The van der Waals surface area contributed by atoms with E-state index in [2.05, 4.69) is 0 Å². The van der Waals surface area contributed by atoms with Gasteiger partial charge in [0.2, 0.25) is 0 Å². The molecule has 1 aliphatic rings. The molecule has 1 amide bonds. The average molecular weight is 446 g/mol. The third kappa shape index (κ3) is 4.32. The maximum Gasteiger partial charge on any atom is 0.415 e. The molecule has 0 N–H and O–H groups in total. The molecule has 0 aromatic heterocycles. The molecule has 4 rings (SSSR count). The molecule has 0 atom stereocenters. The summed E-state index contributed by atoms with van der Waals surface area (Å²) in [6.07, 6.45) is -0.483. The molecule has 3 aromatic carbocycles. The van der Waals surface area contributed by atoms with E-state index in [1.807, 2.05) is 30.3 Å². The smallest absolute Gasteiger partial charge is 0.410 e. The molecular weight excluding hydrogens is 429 g/mol. The van der Waals surface area contributed by atoms with E-state index in [0.29, 0.717) is 23.4 Å². The summed E-state index contributed by atoms with van der Waals surface area (Å²) in [4.78, 5) is 13.9. The minimum Gasteiger partial charge on any atom is -0.410 e. The molecule has 0 saturated carbocycles. The van der Waals surface area contributed by atoms with Crippen molar-refractivity contribution in [3.05, 3.63) is 94.3 Å².